The predicted molar refractivity (Wildman–Crippen MR) is 88.4 cm³/mol. The molecule has 0 radical (unpaired) electrons. The van der Waals surface area contributed by atoms with Crippen LogP contribution >= 0.6 is 0 Å². The number of hydrogen-bond acceptors (Lipinski definition) is 4. The summed E-state index contributed by atoms with van der Waals surface area (Å²) in [6, 6.07) is -0.0488. The molecule has 2 aromatic rings. The lowest BCUT2D eigenvalue weighted by Gasteiger charge is -2.14. The average molecular weight is 320 g/mol. The molecule has 126 valence electrons. The number of aliphatic hydroxyl groups excluding tert-OH is 1. The molecule has 1 unspecified atom stereocenters. The highest BCUT2D eigenvalue weighted by molar-refractivity contribution is 5.81. The standard InChI is InChI=1S/C16H24N4O3/c1-9(7-8-21)17-13(22)6-5-12-10(2)14-15(18-11(12)3)20(4)19-16(14)23/h9,21H,5-8H2,1-4H3,(H,17,22)(H,19,23). The zero-order chi connectivity index (χ0) is 17.1. The van der Waals surface area contributed by atoms with Crippen molar-refractivity contribution in [2.45, 2.75) is 46.1 Å². The number of rotatable bonds is 6. The van der Waals surface area contributed by atoms with E-state index in [1.165, 1.54) is 0 Å². The number of aliphatic hydroxyl groups is 1. The van der Waals surface area contributed by atoms with Gasteiger partial charge < -0.3 is 10.4 Å². The van der Waals surface area contributed by atoms with Crippen LogP contribution in [0.1, 0.15) is 36.6 Å². The fourth-order valence-electron chi connectivity index (χ4n) is 2.87. The minimum absolute atomic E-state index is 0.0488. The van der Waals surface area contributed by atoms with Crippen molar-refractivity contribution in [3.63, 3.8) is 0 Å². The Morgan fingerprint density at radius 2 is 2.13 bits per heavy atom. The number of aromatic amines is 1. The Bertz CT molecular complexity index is 776. The van der Waals surface area contributed by atoms with Crippen molar-refractivity contribution in [2.75, 3.05) is 6.61 Å². The number of hydrogen-bond donors (Lipinski definition) is 3. The van der Waals surface area contributed by atoms with E-state index in [0.717, 1.165) is 16.8 Å². The smallest absolute Gasteiger partial charge is 0.273 e. The Morgan fingerprint density at radius 3 is 2.78 bits per heavy atom. The van der Waals surface area contributed by atoms with E-state index in [0.29, 0.717) is 30.3 Å². The normalized spacial score (nSPS) is 12.6. The van der Waals surface area contributed by atoms with Crippen LogP contribution in [0, 0.1) is 13.8 Å². The number of carbonyl (C=O) groups excluding carboxylic acids is 1. The second-order valence-corrected chi connectivity index (χ2v) is 5.98. The van der Waals surface area contributed by atoms with Crippen molar-refractivity contribution in [3.8, 4) is 0 Å². The summed E-state index contributed by atoms with van der Waals surface area (Å²) in [5.41, 5.74) is 3.13. The van der Waals surface area contributed by atoms with Crippen molar-refractivity contribution in [3.05, 3.63) is 27.2 Å². The van der Waals surface area contributed by atoms with Crippen LogP contribution in [0.2, 0.25) is 0 Å². The molecule has 0 aromatic carbocycles. The summed E-state index contributed by atoms with van der Waals surface area (Å²) in [5, 5.41) is 15.0. The number of nitrogens with one attached hydrogen (secondary N) is 2. The van der Waals surface area contributed by atoms with Crippen LogP contribution in [-0.4, -0.2) is 38.4 Å². The number of carbonyl (C=O) groups is 1. The van der Waals surface area contributed by atoms with Gasteiger partial charge >= 0.3 is 0 Å². The monoisotopic (exact) mass is 320 g/mol. The van der Waals surface area contributed by atoms with Crippen LogP contribution in [-0.2, 0) is 18.3 Å². The summed E-state index contributed by atoms with van der Waals surface area (Å²) < 4.78 is 1.62. The molecule has 0 saturated heterocycles. The largest absolute Gasteiger partial charge is 0.396 e. The van der Waals surface area contributed by atoms with Gasteiger partial charge in [0.15, 0.2) is 5.65 Å². The second kappa shape index (κ2) is 6.95. The van der Waals surface area contributed by atoms with Gasteiger partial charge in [-0.25, -0.2) is 4.98 Å². The SMILES string of the molecule is Cc1nc2c(c(C)c1CCC(=O)NC(C)CCO)c(=O)[nH]n2C. The highest BCUT2D eigenvalue weighted by Crippen LogP contribution is 2.21. The molecule has 23 heavy (non-hydrogen) atoms. The number of pyridine rings is 1. The molecular formula is C16H24N4O3. The van der Waals surface area contributed by atoms with Crippen molar-refractivity contribution in [1.82, 2.24) is 20.1 Å². The molecule has 0 aliphatic carbocycles. The lowest BCUT2D eigenvalue weighted by atomic mass is 10.00. The third kappa shape index (κ3) is 3.61. The zero-order valence-corrected chi connectivity index (χ0v) is 14.1. The quantitative estimate of drug-likeness (QED) is 0.729. The molecule has 7 nitrogen and oxygen atoms in total. The number of amides is 1. The van der Waals surface area contributed by atoms with E-state index >= 15 is 0 Å². The lowest BCUT2D eigenvalue weighted by Crippen LogP contribution is -2.33. The fourth-order valence-corrected chi connectivity index (χ4v) is 2.87. The average Bonchev–Trinajstić information content (AvgIpc) is 2.73. The first-order valence-electron chi connectivity index (χ1n) is 7.80. The number of aryl methyl sites for hydroxylation is 3. The second-order valence-electron chi connectivity index (χ2n) is 5.98. The van der Waals surface area contributed by atoms with E-state index in [9.17, 15) is 9.59 Å². The molecule has 2 aromatic heterocycles. The van der Waals surface area contributed by atoms with Crippen LogP contribution in [0.3, 0.4) is 0 Å². The molecule has 2 rings (SSSR count). The van der Waals surface area contributed by atoms with Gasteiger partial charge in [0.05, 0.1) is 5.39 Å². The van der Waals surface area contributed by atoms with E-state index in [1.807, 2.05) is 20.8 Å². The molecule has 1 amide bonds. The molecule has 2 heterocycles. The maximum atomic E-state index is 12.0. The molecule has 0 spiro atoms. The Morgan fingerprint density at radius 1 is 1.43 bits per heavy atom. The summed E-state index contributed by atoms with van der Waals surface area (Å²) in [5.74, 6) is -0.0631. The van der Waals surface area contributed by atoms with Crippen LogP contribution in [0.15, 0.2) is 4.79 Å². The number of fused-ring (bicyclic) bond motifs is 1. The molecule has 0 saturated carbocycles. The van der Waals surface area contributed by atoms with Gasteiger partial charge in [0.25, 0.3) is 5.56 Å². The first-order valence-corrected chi connectivity index (χ1v) is 7.80. The summed E-state index contributed by atoms with van der Waals surface area (Å²) in [7, 11) is 1.76. The minimum Gasteiger partial charge on any atom is -0.396 e. The third-order valence-electron chi connectivity index (χ3n) is 4.15. The Hall–Kier alpha value is -2.15. The molecule has 3 N–H and O–H groups in total. The highest BCUT2D eigenvalue weighted by Gasteiger charge is 2.16. The molecule has 0 bridgehead atoms. The summed E-state index contributed by atoms with van der Waals surface area (Å²) in [6.07, 6.45) is 1.40. The van der Waals surface area contributed by atoms with Crippen molar-refractivity contribution < 1.29 is 9.90 Å². The molecule has 7 heteroatoms. The van der Waals surface area contributed by atoms with Crippen LogP contribution in [0.5, 0.6) is 0 Å². The summed E-state index contributed by atoms with van der Waals surface area (Å²) >= 11 is 0. The molecular weight excluding hydrogens is 296 g/mol. The van der Waals surface area contributed by atoms with Gasteiger partial charge in [-0.1, -0.05) is 0 Å². The van der Waals surface area contributed by atoms with Crippen LogP contribution in [0.25, 0.3) is 11.0 Å². The molecule has 0 aliphatic rings. The molecule has 0 aliphatic heterocycles. The maximum absolute atomic E-state index is 12.0. The van der Waals surface area contributed by atoms with Crippen molar-refractivity contribution in [1.29, 1.82) is 0 Å². The van der Waals surface area contributed by atoms with Crippen LogP contribution in [0.4, 0.5) is 0 Å². The Labute approximate surface area is 134 Å². The number of aromatic nitrogens is 3. The molecule has 1 atom stereocenters. The first-order chi connectivity index (χ1) is 10.8. The van der Waals surface area contributed by atoms with Crippen molar-refractivity contribution >= 4 is 16.9 Å². The van der Waals surface area contributed by atoms with Gasteiger partial charge in [0.2, 0.25) is 5.91 Å². The number of nitrogens with zero attached hydrogens (tertiary/aromatic N) is 2. The number of H-pyrrole nitrogens is 1. The van der Waals surface area contributed by atoms with Gasteiger partial charge in [-0.15, -0.1) is 0 Å². The van der Waals surface area contributed by atoms with E-state index in [4.69, 9.17) is 5.11 Å². The van der Waals surface area contributed by atoms with Gasteiger partial charge in [-0.05, 0) is 44.7 Å². The van der Waals surface area contributed by atoms with E-state index < -0.39 is 0 Å². The topological polar surface area (TPSA) is 100 Å². The Kier molecular flexibility index (Phi) is 5.20. The van der Waals surface area contributed by atoms with E-state index in [1.54, 1.807) is 11.7 Å². The van der Waals surface area contributed by atoms with Gasteiger partial charge in [0.1, 0.15) is 0 Å². The lowest BCUT2D eigenvalue weighted by molar-refractivity contribution is -0.121. The summed E-state index contributed by atoms with van der Waals surface area (Å²) in [4.78, 5) is 28.5. The van der Waals surface area contributed by atoms with Crippen molar-refractivity contribution in [2.24, 2.45) is 7.05 Å². The zero-order valence-electron chi connectivity index (χ0n) is 14.1. The summed E-state index contributed by atoms with van der Waals surface area (Å²) in [6.45, 7) is 5.71. The van der Waals surface area contributed by atoms with E-state index in [-0.39, 0.29) is 24.1 Å². The highest BCUT2D eigenvalue weighted by atomic mass is 16.3. The predicted octanol–water partition coefficient (Wildman–Crippen LogP) is 0.698. The van der Waals surface area contributed by atoms with Crippen LogP contribution < -0.4 is 10.9 Å². The third-order valence-corrected chi connectivity index (χ3v) is 4.15. The Balaban J connectivity index is 2.19. The fraction of sp³-hybridized carbons (Fsp3) is 0.562. The van der Waals surface area contributed by atoms with Gasteiger partial charge in [-0.3, -0.25) is 19.4 Å². The molecule has 0 fully saturated rings. The maximum Gasteiger partial charge on any atom is 0.273 e. The van der Waals surface area contributed by atoms with E-state index in [2.05, 4.69) is 15.4 Å². The minimum atomic E-state index is -0.158. The first kappa shape index (κ1) is 17.2. The van der Waals surface area contributed by atoms with Gasteiger partial charge in [0, 0.05) is 31.8 Å². The van der Waals surface area contributed by atoms with Gasteiger partial charge in [-0.2, -0.15) is 0 Å².